The lowest BCUT2D eigenvalue weighted by Crippen LogP contribution is -1.78. The first-order valence-corrected chi connectivity index (χ1v) is 8.05. The van der Waals surface area contributed by atoms with Crippen LogP contribution in [0, 0.1) is 6.92 Å². The normalized spacial score (nSPS) is 10.8. The van der Waals surface area contributed by atoms with E-state index < -0.39 is 0 Å². The van der Waals surface area contributed by atoms with Crippen LogP contribution in [0.3, 0.4) is 0 Å². The summed E-state index contributed by atoms with van der Waals surface area (Å²) in [5.74, 6) is 0. The number of hydrogen-bond donors (Lipinski definition) is 0. The van der Waals surface area contributed by atoms with Gasteiger partial charge < -0.3 is 0 Å². The Hall–Kier alpha value is -0.970. The predicted molar refractivity (Wildman–Crippen MR) is 83.3 cm³/mol. The zero-order chi connectivity index (χ0) is 12.5. The Bertz CT molecular complexity index is 684. The average Bonchev–Trinajstić information content (AvgIpc) is 2.97. The second kappa shape index (κ2) is 4.96. The van der Waals surface area contributed by atoms with Crippen LogP contribution in [0.2, 0.25) is 0 Å². The first-order chi connectivity index (χ1) is 8.74. The van der Waals surface area contributed by atoms with Crippen molar-refractivity contribution in [2.24, 2.45) is 0 Å². The third-order valence-corrected chi connectivity index (χ3v) is 5.09. The largest absolute Gasteiger partial charge is 0.235 e. The molecule has 18 heavy (non-hydrogen) atoms. The third-order valence-electron chi connectivity index (χ3n) is 2.67. The van der Waals surface area contributed by atoms with E-state index in [2.05, 4.69) is 51.8 Å². The van der Waals surface area contributed by atoms with Crippen LogP contribution < -0.4 is 0 Å². The van der Waals surface area contributed by atoms with Crippen molar-refractivity contribution in [2.45, 2.75) is 6.92 Å². The van der Waals surface area contributed by atoms with Gasteiger partial charge in [0.25, 0.3) is 0 Å². The summed E-state index contributed by atoms with van der Waals surface area (Å²) in [6, 6.07) is 10.4. The molecule has 0 aliphatic rings. The summed E-state index contributed by atoms with van der Waals surface area (Å²) >= 11 is 6.94. The summed E-state index contributed by atoms with van der Waals surface area (Å²) in [4.78, 5) is 6.00. The standard InChI is InChI=1S/C14H10BrNS2/c1-9-5-6-17-13(9)12-8-18-14(16-12)10-3-2-4-11(15)7-10/h2-8H,1H3. The maximum absolute atomic E-state index is 4.73. The number of thiazole rings is 1. The van der Waals surface area contributed by atoms with E-state index in [0.29, 0.717) is 0 Å². The highest BCUT2D eigenvalue weighted by atomic mass is 79.9. The molecule has 2 heterocycles. The minimum atomic E-state index is 1.07. The van der Waals surface area contributed by atoms with Crippen molar-refractivity contribution in [3.8, 4) is 21.1 Å². The van der Waals surface area contributed by atoms with Gasteiger partial charge in [-0.1, -0.05) is 28.1 Å². The Morgan fingerprint density at radius 1 is 1.17 bits per heavy atom. The molecule has 4 heteroatoms. The van der Waals surface area contributed by atoms with Crippen molar-refractivity contribution < 1.29 is 0 Å². The average molecular weight is 336 g/mol. The first kappa shape index (κ1) is 12.1. The van der Waals surface area contributed by atoms with Crippen molar-refractivity contribution >= 4 is 38.6 Å². The van der Waals surface area contributed by atoms with Crippen LogP contribution in [0.5, 0.6) is 0 Å². The first-order valence-electron chi connectivity index (χ1n) is 5.50. The van der Waals surface area contributed by atoms with Crippen LogP contribution >= 0.6 is 38.6 Å². The van der Waals surface area contributed by atoms with Crippen LogP contribution in [0.1, 0.15) is 5.56 Å². The number of thiophene rings is 1. The van der Waals surface area contributed by atoms with Gasteiger partial charge >= 0.3 is 0 Å². The summed E-state index contributed by atoms with van der Waals surface area (Å²) in [5.41, 5.74) is 3.54. The Morgan fingerprint density at radius 2 is 2.06 bits per heavy atom. The molecule has 1 aromatic carbocycles. The monoisotopic (exact) mass is 335 g/mol. The summed E-state index contributed by atoms with van der Waals surface area (Å²) in [6.07, 6.45) is 0. The Kier molecular flexibility index (Phi) is 3.33. The van der Waals surface area contributed by atoms with Crippen LogP contribution in [-0.4, -0.2) is 4.98 Å². The van der Waals surface area contributed by atoms with Gasteiger partial charge in [-0.05, 0) is 36.1 Å². The van der Waals surface area contributed by atoms with Crippen molar-refractivity contribution in [1.29, 1.82) is 0 Å². The molecule has 1 nitrogen and oxygen atoms in total. The van der Waals surface area contributed by atoms with Crippen LogP contribution in [-0.2, 0) is 0 Å². The molecule has 0 fully saturated rings. The van der Waals surface area contributed by atoms with Crippen LogP contribution in [0.25, 0.3) is 21.1 Å². The molecular weight excluding hydrogens is 326 g/mol. The fourth-order valence-electron chi connectivity index (χ4n) is 1.77. The molecule has 0 aliphatic heterocycles. The Morgan fingerprint density at radius 3 is 2.78 bits per heavy atom. The van der Waals surface area contributed by atoms with E-state index in [1.54, 1.807) is 22.7 Å². The molecule has 0 radical (unpaired) electrons. The van der Waals surface area contributed by atoms with Crippen molar-refractivity contribution in [3.05, 3.63) is 51.1 Å². The maximum atomic E-state index is 4.73. The van der Waals surface area contributed by atoms with E-state index in [1.807, 2.05) is 12.1 Å². The van der Waals surface area contributed by atoms with Crippen molar-refractivity contribution in [2.75, 3.05) is 0 Å². The second-order valence-corrected chi connectivity index (χ2v) is 6.67. The quantitative estimate of drug-likeness (QED) is 0.593. The lowest BCUT2D eigenvalue weighted by Gasteiger charge is -1.97. The van der Waals surface area contributed by atoms with Gasteiger partial charge in [0.1, 0.15) is 5.01 Å². The molecule has 0 bridgehead atoms. The highest BCUT2D eigenvalue weighted by Gasteiger charge is 2.09. The van der Waals surface area contributed by atoms with Gasteiger partial charge in [-0.2, -0.15) is 0 Å². The fourth-order valence-corrected chi connectivity index (χ4v) is 3.94. The highest BCUT2D eigenvalue weighted by molar-refractivity contribution is 9.10. The maximum Gasteiger partial charge on any atom is 0.124 e. The fraction of sp³-hybridized carbons (Fsp3) is 0.0714. The van der Waals surface area contributed by atoms with E-state index in [9.17, 15) is 0 Å². The lowest BCUT2D eigenvalue weighted by atomic mass is 10.2. The minimum absolute atomic E-state index is 1.07. The number of halogens is 1. The zero-order valence-corrected chi connectivity index (χ0v) is 12.9. The summed E-state index contributed by atoms with van der Waals surface area (Å²) in [6.45, 7) is 2.13. The predicted octanol–water partition coefficient (Wildman–Crippen LogP) is 5.61. The van der Waals surface area contributed by atoms with Gasteiger partial charge in [0.2, 0.25) is 0 Å². The molecule has 0 spiro atoms. The van der Waals surface area contributed by atoms with Gasteiger partial charge in [0.15, 0.2) is 0 Å². The Labute approximate surface area is 122 Å². The van der Waals surface area contributed by atoms with Gasteiger partial charge in [0, 0.05) is 15.4 Å². The van der Waals surface area contributed by atoms with E-state index >= 15 is 0 Å². The third kappa shape index (κ3) is 2.28. The number of aryl methyl sites for hydroxylation is 1. The molecule has 0 N–H and O–H groups in total. The van der Waals surface area contributed by atoms with E-state index in [4.69, 9.17) is 4.98 Å². The van der Waals surface area contributed by atoms with Gasteiger partial charge in [-0.15, -0.1) is 22.7 Å². The smallest absolute Gasteiger partial charge is 0.124 e. The van der Waals surface area contributed by atoms with Crippen molar-refractivity contribution in [1.82, 2.24) is 4.98 Å². The van der Waals surface area contributed by atoms with Gasteiger partial charge in [-0.3, -0.25) is 0 Å². The van der Waals surface area contributed by atoms with E-state index in [-0.39, 0.29) is 0 Å². The summed E-state index contributed by atoms with van der Waals surface area (Å²) in [5, 5.41) is 5.32. The van der Waals surface area contributed by atoms with E-state index in [0.717, 1.165) is 20.7 Å². The molecule has 90 valence electrons. The molecule has 3 aromatic rings. The Balaban J connectivity index is 2.02. The zero-order valence-electron chi connectivity index (χ0n) is 9.68. The molecule has 0 unspecified atom stereocenters. The van der Waals surface area contributed by atoms with Gasteiger partial charge in [-0.25, -0.2) is 4.98 Å². The number of rotatable bonds is 2. The molecular formula is C14H10BrNS2. The lowest BCUT2D eigenvalue weighted by molar-refractivity contribution is 1.40. The van der Waals surface area contributed by atoms with Gasteiger partial charge in [0.05, 0.1) is 10.6 Å². The summed E-state index contributed by atoms with van der Waals surface area (Å²) in [7, 11) is 0. The number of aromatic nitrogens is 1. The topological polar surface area (TPSA) is 12.9 Å². The van der Waals surface area contributed by atoms with E-state index in [1.165, 1.54) is 10.4 Å². The molecule has 3 rings (SSSR count). The molecule has 0 amide bonds. The highest BCUT2D eigenvalue weighted by Crippen LogP contribution is 2.33. The molecule has 0 atom stereocenters. The molecule has 0 saturated heterocycles. The summed E-state index contributed by atoms with van der Waals surface area (Å²) < 4.78 is 1.09. The van der Waals surface area contributed by atoms with Crippen molar-refractivity contribution in [3.63, 3.8) is 0 Å². The molecule has 2 aromatic heterocycles. The molecule has 0 saturated carbocycles. The minimum Gasteiger partial charge on any atom is -0.235 e. The van der Waals surface area contributed by atoms with Crippen LogP contribution in [0.15, 0.2) is 45.6 Å². The second-order valence-electron chi connectivity index (χ2n) is 3.98. The number of benzene rings is 1. The molecule has 0 aliphatic carbocycles. The number of hydrogen-bond acceptors (Lipinski definition) is 3. The SMILES string of the molecule is Cc1ccsc1-c1csc(-c2cccc(Br)c2)n1. The van der Waals surface area contributed by atoms with Crippen LogP contribution in [0.4, 0.5) is 0 Å². The number of nitrogens with zero attached hydrogens (tertiary/aromatic N) is 1.